The van der Waals surface area contributed by atoms with Gasteiger partial charge in [0.1, 0.15) is 5.76 Å². The molecular formula is C20H17N3O4S2. The lowest BCUT2D eigenvalue weighted by atomic mass is 10.1. The number of fused-ring (bicyclic) bond motifs is 1. The van der Waals surface area contributed by atoms with Crippen molar-refractivity contribution in [3.8, 4) is 0 Å². The summed E-state index contributed by atoms with van der Waals surface area (Å²) in [4.78, 5) is 34.2. The van der Waals surface area contributed by atoms with E-state index in [9.17, 15) is 9.59 Å². The van der Waals surface area contributed by atoms with Crippen molar-refractivity contribution in [2.24, 2.45) is 0 Å². The van der Waals surface area contributed by atoms with Crippen LogP contribution in [-0.4, -0.2) is 27.6 Å². The molecule has 0 radical (unpaired) electrons. The normalized spacial score (nSPS) is 11.1. The lowest BCUT2D eigenvalue weighted by molar-refractivity contribution is 0.0601. The average Bonchev–Trinajstić information content (AvgIpc) is 3.39. The van der Waals surface area contributed by atoms with E-state index >= 15 is 0 Å². The summed E-state index contributed by atoms with van der Waals surface area (Å²) in [7, 11) is 1.32. The molecule has 0 spiro atoms. The van der Waals surface area contributed by atoms with Gasteiger partial charge >= 0.3 is 5.97 Å². The molecule has 29 heavy (non-hydrogen) atoms. The Hall–Kier alpha value is -2.91. The number of furan rings is 1. The maximum Gasteiger partial charge on any atom is 0.337 e. The molecular weight excluding hydrogens is 410 g/mol. The molecule has 1 aromatic carbocycles. The number of ether oxygens (including phenoxy) is 1. The van der Waals surface area contributed by atoms with Crippen molar-refractivity contribution in [2.45, 2.75) is 24.4 Å². The highest BCUT2D eigenvalue weighted by Crippen LogP contribution is 2.24. The SMILES string of the molecule is COC(=O)c1ccc2c(=O)n(Cc3ccco3)c(SCc3csc(C)n3)nc2c1. The summed E-state index contributed by atoms with van der Waals surface area (Å²) in [6.45, 7) is 2.22. The van der Waals surface area contributed by atoms with Gasteiger partial charge in [-0.2, -0.15) is 0 Å². The van der Waals surface area contributed by atoms with E-state index in [1.807, 2.05) is 18.4 Å². The van der Waals surface area contributed by atoms with Gasteiger partial charge in [-0.3, -0.25) is 9.36 Å². The summed E-state index contributed by atoms with van der Waals surface area (Å²) in [5, 5.41) is 3.95. The molecule has 148 valence electrons. The maximum absolute atomic E-state index is 13.2. The van der Waals surface area contributed by atoms with E-state index in [4.69, 9.17) is 9.15 Å². The standard InChI is InChI=1S/C20H17N3O4S2/c1-12-21-14(10-28-12)11-29-20-22-17-8-13(19(25)26-2)5-6-16(17)18(24)23(20)9-15-4-3-7-27-15/h3-8,10H,9,11H2,1-2H3. The molecule has 7 nitrogen and oxygen atoms in total. The molecule has 0 N–H and O–H groups in total. The minimum absolute atomic E-state index is 0.195. The zero-order valence-electron chi connectivity index (χ0n) is 15.7. The van der Waals surface area contributed by atoms with E-state index in [2.05, 4.69) is 9.97 Å². The fourth-order valence-corrected chi connectivity index (χ4v) is 4.48. The summed E-state index contributed by atoms with van der Waals surface area (Å²) in [6.07, 6.45) is 1.57. The number of rotatable bonds is 6. The Kier molecular flexibility index (Phi) is 5.50. The summed E-state index contributed by atoms with van der Waals surface area (Å²) in [5.41, 5.74) is 1.53. The number of esters is 1. The molecule has 0 aliphatic heterocycles. The van der Waals surface area contributed by atoms with Gasteiger partial charge in [0, 0.05) is 11.1 Å². The second-order valence-electron chi connectivity index (χ2n) is 6.24. The van der Waals surface area contributed by atoms with E-state index in [1.165, 1.54) is 18.9 Å². The highest BCUT2D eigenvalue weighted by Gasteiger charge is 2.16. The van der Waals surface area contributed by atoms with Crippen molar-refractivity contribution in [1.82, 2.24) is 14.5 Å². The monoisotopic (exact) mass is 427 g/mol. The number of hydrogen-bond acceptors (Lipinski definition) is 8. The first-order valence-corrected chi connectivity index (χ1v) is 10.6. The Labute approximate surface area is 174 Å². The van der Waals surface area contributed by atoms with Gasteiger partial charge in [0.15, 0.2) is 5.16 Å². The number of benzene rings is 1. The largest absolute Gasteiger partial charge is 0.467 e. The molecule has 0 bridgehead atoms. The van der Waals surface area contributed by atoms with Crippen LogP contribution in [0.2, 0.25) is 0 Å². The van der Waals surface area contributed by atoms with Gasteiger partial charge in [-0.25, -0.2) is 14.8 Å². The quantitative estimate of drug-likeness (QED) is 0.262. The minimum atomic E-state index is -0.472. The topological polar surface area (TPSA) is 87.2 Å². The first-order chi connectivity index (χ1) is 14.0. The number of methoxy groups -OCH3 is 1. The Morgan fingerprint density at radius 3 is 2.86 bits per heavy atom. The lowest BCUT2D eigenvalue weighted by Crippen LogP contribution is -2.24. The van der Waals surface area contributed by atoms with E-state index in [-0.39, 0.29) is 12.1 Å². The van der Waals surface area contributed by atoms with Crippen LogP contribution in [0.15, 0.2) is 56.3 Å². The predicted octanol–water partition coefficient (Wildman–Crippen LogP) is 3.88. The highest BCUT2D eigenvalue weighted by molar-refractivity contribution is 7.98. The molecule has 9 heteroatoms. The smallest absolute Gasteiger partial charge is 0.337 e. The summed E-state index contributed by atoms with van der Waals surface area (Å²) in [5.74, 6) is 0.767. The van der Waals surface area contributed by atoms with Gasteiger partial charge in [-0.15, -0.1) is 11.3 Å². The van der Waals surface area contributed by atoms with Gasteiger partial charge < -0.3 is 9.15 Å². The molecule has 0 unspecified atom stereocenters. The van der Waals surface area contributed by atoms with Crippen molar-refractivity contribution < 1.29 is 13.9 Å². The van der Waals surface area contributed by atoms with Crippen LogP contribution >= 0.6 is 23.1 Å². The summed E-state index contributed by atoms with van der Waals surface area (Å²) in [6, 6.07) is 8.35. The number of nitrogens with zero attached hydrogens (tertiary/aromatic N) is 3. The summed E-state index contributed by atoms with van der Waals surface area (Å²) < 4.78 is 11.8. The van der Waals surface area contributed by atoms with Crippen molar-refractivity contribution in [2.75, 3.05) is 7.11 Å². The van der Waals surface area contributed by atoms with Crippen molar-refractivity contribution in [3.05, 3.63) is 74.4 Å². The van der Waals surface area contributed by atoms with Crippen LogP contribution < -0.4 is 5.56 Å². The first kappa shape index (κ1) is 19.4. The number of thiazole rings is 1. The van der Waals surface area contributed by atoms with E-state index in [0.29, 0.717) is 33.1 Å². The third-order valence-corrected chi connectivity index (χ3v) is 6.08. The Bertz CT molecular complexity index is 1230. The van der Waals surface area contributed by atoms with Crippen molar-refractivity contribution >= 4 is 40.0 Å². The van der Waals surface area contributed by atoms with Crippen molar-refractivity contribution in [3.63, 3.8) is 0 Å². The van der Waals surface area contributed by atoms with Gasteiger partial charge in [0.05, 0.1) is 47.1 Å². The predicted molar refractivity (Wildman–Crippen MR) is 112 cm³/mol. The van der Waals surface area contributed by atoms with Gasteiger partial charge in [-0.1, -0.05) is 11.8 Å². The number of thioether (sulfide) groups is 1. The van der Waals surface area contributed by atoms with Crippen LogP contribution in [0.4, 0.5) is 0 Å². The van der Waals surface area contributed by atoms with Crippen LogP contribution in [-0.2, 0) is 17.0 Å². The molecule has 3 heterocycles. The molecule has 0 fully saturated rings. The van der Waals surface area contributed by atoms with Gasteiger partial charge in [-0.05, 0) is 37.3 Å². The number of aromatic nitrogens is 3. The third-order valence-electron chi connectivity index (χ3n) is 4.25. The molecule has 4 rings (SSSR count). The molecule has 0 aliphatic rings. The molecule has 0 saturated heterocycles. The number of hydrogen-bond donors (Lipinski definition) is 0. The van der Waals surface area contributed by atoms with Crippen LogP contribution in [0.3, 0.4) is 0 Å². The fourth-order valence-electron chi connectivity index (χ4n) is 2.87. The Morgan fingerprint density at radius 1 is 1.31 bits per heavy atom. The van der Waals surface area contributed by atoms with Crippen LogP contribution in [0.1, 0.15) is 26.8 Å². The molecule has 0 atom stereocenters. The molecule has 0 amide bonds. The third kappa shape index (κ3) is 4.10. The second kappa shape index (κ2) is 8.22. The maximum atomic E-state index is 13.2. The minimum Gasteiger partial charge on any atom is -0.467 e. The zero-order chi connectivity index (χ0) is 20.4. The Morgan fingerprint density at radius 2 is 2.17 bits per heavy atom. The summed E-state index contributed by atoms with van der Waals surface area (Å²) >= 11 is 3.00. The molecule has 3 aromatic heterocycles. The first-order valence-electron chi connectivity index (χ1n) is 8.74. The van der Waals surface area contributed by atoms with Crippen LogP contribution in [0.5, 0.6) is 0 Å². The molecule has 0 saturated carbocycles. The van der Waals surface area contributed by atoms with E-state index in [1.54, 1.807) is 46.4 Å². The molecule has 4 aromatic rings. The van der Waals surface area contributed by atoms with Gasteiger partial charge in [0.2, 0.25) is 0 Å². The van der Waals surface area contributed by atoms with Gasteiger partial charge in [0.25, 0.3) is 5.56 Å². The number of aryl methyl sites for hydroxylation is 1. The highest BCUT2D eigenvalue weighted by atomic mass is 32.2. The lowest BCUT2D eigenvalue weighted by Gasteiger charge is -2.12. The molecule has 0 aliphatic carbocycles. The van der Waals surface area contributed by atoms with E-state index < -0.39 is 5.97 Å². The van der Waals surface area contributed by atoms with Crippen LogP contribution in [0, 0.1) is 6.92 Å². The fraction of sp³-hybridized carbons (Fsp3) is 0.200. The second-order valence-corrected chi connectivity index (χ2v) is 8.24. The number of carbonyl (C=O) groups excluding carboxylic acids is 1. The number of carbonyl (C=O) groups is 1. The zero-order valence-corrected chi connectivity index (χ0v) is 17.4. The Balaban J connectivity index is 1.79. The van der Waals surface area contributed by atoms with Crippen LogP contribution in [0.25, 0.3) is 10.9 Å². The average molecular weight is 428 g/mol. The van der Waals surface area contributed by atoms with Crippen molar-refractivity contribution in [1.29, 1.82) is 0 Å². The van der Waals surface area contributed by atoms with E-state index in [0.717, 1.165) is 10.7 Å².